The third kappa shape index (κ3) is 1.81. The van der Waals surface area contributed by atoms with Crippen molar-refractivity contribution in [3.05, 3.63) is 42.4 Å². The zero-order chi connectivity index (χ0) is 10.7. The molecule has 0 saturated carbocycles. The number of ether oxygens (including phenoxy) is 1. The normalized spacial score (nSPS) is 10.0. The van der Waals surface area contributed by atoms with E-state index in [-0.39, 0.29) is 0 Å². The van der Waals surface area contributed by atoms with E-state index in [1.54, 1.807) is 25.6 Å². The van der Waals surface area contributed by atoms with Gasteiger partial charge in [0.1, 0.15) is 5.69 Å². The highest BCUT2D eigenvalue weighted by Gasteiger charge is 2.08. The predicted octanol–water partition coefficient (Wildman–Crippen LogP) is 2.26. The standard InChI is InChI=1S/C12H11N2O/c1-9-8-13-7-5-10(9)12-11(15-2)4-3-6-14-12/h3,5-8H,1-2H3. The Morgan fingerprint density at radius 3 is 2.93 bits per heavy atom. The summed E-state index contributed by atoms with van der Waals surface area (Å²) < 4.78 is 5.22. The highest BCUT2D eigenvalue weighted by atomic mass is 16.5. The summed E-state index contributed by atoms with van der Waals surface area (Å²) in [6, 6.07) is 6.67. The maximum Gasteiger partial charge on any atom is 0.153 e. The average Bonchev–Trinajstić information content (AvgIpc) is 2.30. The summed E-state index contributed by atoms with van der Waals surface area (Å²) in [6.07, 6.45) is 5.26. The molecule has 0 unspecified atom stereocenters. The van der Waals surface area contributed by atoms with Crippen LogP contribution >= 0.6 is 0 Å². The van der Waals surface area contributed by atoms with E-state index in [1.165, 1.54) is 0 Å². The molecular formula is C12H11N2O. The summed E-state index contributed by atoms with van der Waals surface area (Å²) in [5.41, 5.74) is 2.90. The molecule has 75 valence electrons. The van der Waals surface area contributed by atoms with Crippen molar-refractivity contribution in [3.8, 4) is 17.0 Å². The van der Waals surface area contributed by atoms with Gasteiger partial charge in [-0.1, -0.05) is 0 Å². The van der Waals surface area contributed by atoms with Crippen LogP contribution in [0.3, 0.4) is 0 Å². The summed E-state index contributed by atoms with van der Waals surface area (Å²) in [7, 11) is 1.62. The van der Waals surface area contributed by atoms with Crippen LogP contribution in [0.15, 0.2) is 30.7 Å². The van der Waals surface area contributed by atoms with Gasteiger partial charge in [0.25, 0.3) is 0 Å². The van der Waals surface area contributed by atoms with E-state index in [2.05, 4.69) is 16.0 Å². The van der Waals surface area contributed by atoms with Gasteiger partial charge in [-0.15, -0.1) is 0 Å². The second kappa shape index (κ2) is 4.09. The molecule has 15 heavy (non-hydrogen) atoms. The third-order valence-electron chi connectivity index (χ3n) is 2.19. The van der Waals surface area contributed by atoms with Gasteiger partial charge in [-0.25, -0.2) is 0 Å². The fraction of sp³-hybridized carbons (Fsp3) is 0.167. The van der Waals surface area contributed by atoms with E-state index in [9.17, 15) is 0 Å². The lowest BCUT2D eigenvalue weighted by Gasteiger charge is -2.08. The first-order valence-corrected chi connectivity index (χ1v) is 4.64. The molecule has 0 bridgehead atoms. The summed E-state index contributed by atoms with van der Waals surface area (Å²) in [5, 5.41) is 0. The molecule has 2 heterocycles. The van der Waals surface area contributed by atoms with E-state index in [0.717, 1.165) is 16.8 Å². The van der Waals surface area contributed by atoms with Gasteiger partial charge in [0, 0.05) is 30.2 Å². The lowest BCUT2D eigenvalue weighted by molar-refractivity contribution is 0.414. The van der Waals surface area contributed by atoms with Crippen LogP contribution in [-0.2, 0) is 0 Å². The molecular weight excluding hydrogens is 188 g/mol. The number of aromatic nitrogens is 2. The molecule has 0 spiro atoms. The summed E-state index contributed by atoms with van der Waals surface area (Å²) in [4.78, 5) is 8.34. The molecule has 2 aromatic rings. The lowest BCUT2D eigenvalue weighted by atomic mass is 10.1. The van der Waals surface area contributed by atoms with Crippen molar-refractivity contribution in [1.29, 1.82) is 0 Å². The first-order chi connectivity index (χ1) is 7.33. The zero-order valence-electron chi connectivity index (χ0n) is 8.69. The Kier molecular flexibility index (Phi) is 2.63. The summed E-state index contributed by atoms with van der Waals surface area (Å²) >= 11 is 0. The van der Waals surface area contributed by atoms with Gasteiger partial charge in [-0.3, -0.25) is 9.97 Å². The Hall–Kier alpha value is -1.90. The topological polar surface area (TPSA) is 35.0 Å². The van der Waals surface area contributed by atoms with Gasteiger partial charge in [0.2, 0.25) is 0 Å². The second-order valence-corrected chi connectivity index (χ2v) is 3.16. The van der Waals surface area contributed by atoms with Crippen molar-refractivity contribution >= 4 is 0 Å². The summed E-state index contributed by atoms with van der Waals surface area (Å²) in [5.74, 6) is 0.659. The zero-order valence-corrected chi connectivity index (χ0v) is 8.69. The highest BCUT2D eigenvalue weighted by molar-refractivity contribution is 5.68. The molecule has 0 aromatic carbocycles. The molecule has 2 aromatic heterocycles. The van der Waals surface area contributed by atoms with Crippen LogP contribution in [0.25, 0.3) is 11.3 Å². The van der Waals surface area contributed by atoms with Crippen molar-refractivity contribution in [3.63, 3.8) is 0 Å². The van der Waals surface area contributed by atoms with Crippen molar-refractivity contribution < 1.29 is 4.74 Å². The van der Waals surface area contributed by atoms with Crippen molar-refractivity contribution in [1.82, 2.24) is 9.97 Å². The Morgan fingerprint density at radius 1 is 1.33 bits per heavy atom. The van der Waals surface area contributed by atoms with Crippen LogP contribution in [0.4, 0.5) is 0 Å². The number of aryl methyl sites for hydroxylation is 1. The van der Waals surface area contributed by atoms with Crippen LogP contribution in [0.1, 0.15) is 5.56 Å². The average molecular weight is 199 g/mol. The first-order valence-electron chi connectivity index (χ1n) is 4.64. The van der Waals surface area contributed by atoms with Gasteiger partial charge < -0.3 is 4.74 Å². The van der Waals surface area contributed by atoms with Crippen molar-refractivity contribution in [2.24, 2.45) is 0 Å². The number of rotatable bonds is 2. The Morgan fingerprint density at radius 2 is 2.20 bits per heavy atom. The molecule has 0 fully saturated rings. The van der Waals surface area contributed by atoms with E-state index in [4.69, 9.17) is 4.74 Å². The van der Waals surface area contributed by atoms with Gasteiger partial charge in [0.15, 0.2) is 5.75 Å². The quantitative estimate of drug-likeness (QED) is 0.744. The Balaban J connectivity index is 2.59. The van der Waals surface area contributed by atoms with E-state index >= 15 is 0 Å². The minimum Gasteiger partial charge on any atom is -0.494 e. The molecule has 2 rings (SSSR count). The number of nitrogens with zero attached hydrogens (tertiary/aromatic N) is 2. The molecule has 0 aliphatic carbocycles. The van der Waals surface area contributed by atoms with Gasteiger partial charge in [-0.2, -0.15) is 0 Å². The predicted molar refractivity (Wildman–Crippen MR) is 57.6 cm³/mol. The summed E-state index contributed by atoms with van der Waals surface area (Å²) in [6.45, 7) is 2.00. The molecule has 0 saturated heterocycles. The number of pyridine rings is 2. The molecule has 0 N–H and O–H groups in total. The van der Waals surface area contributed by atoms with Gasteiger partial charge in [0.05, 0.1) is 7.11 Å². The largest absolute Gasteiger partial charge is 0.494 e. The number of hydrogen-bond donors (Lipinski definition) is 0. The number of hydrogen-bond acceptors (Lipinski definition) is 3. The van der Waals surface area contributed by atoms with E-state index in [0.29, 0.717) is 5.75 Å². The molecule has 3 heteroatoms. The smallest absolute Gasteiger partial charge is 0.153 e. The number of methoxy groups -OCH3 is 1. The molecule has 0 aliphatic rings. The minimum atomic E-state index is 0.659. The molecule has 3 nitrogen and oxygen atoms in total. The monoisotopic (exact) mass is 199 g/mol. The minimum absolute atomic E-state index is 0.659. The molecule has 1 radical (unpaired) electrons. The maximum atomic E-state index is 5.22. The fourth-order valence-corrected chi connectivity index (χ4v) is 1.44. The van der Waals surface area contributed by atoms with Crippen LogP contribution in [0, 0.1) is 13.0 Å². The van der Waals surface area contributed by atoms with Crippen LogP contribution in [-0.4, -0.2) is 17.1 Å². The molecule has 0 amide bonds. The molecule has 0 atom stereocenters. The van der Waals surface area contributed by atoms with Crippen molar-refractivity contribution in [2.75, 3.05) is 7.11 Å². The van der Waals surface area contributed by atoms with Crippen molar-refractivity contribution in [2.45, 2.75) is 6.92 Å². The second-order valence-electron chi connectivity index (χ2n) is 3.16. The Bertz CT molecular complexity index is 469. The third-order valence-corrected chi connectivity index (χ3v) is 2.19. The fourth-order valence-electron chi connectivity index (χ4n) is 1.44. The van der Waals surface area contributed by atoms with Gasteiger partial charge in [-0.05, 0) is 24.6 Å². The lowest BCUT2D eigenvalue weighted by Crippen LogP contribution is -1.93. The Labute approximate surface area is 88.8 Å². The van der Waals surface area contributed by atoms with E-state index in [1.807, 2.05) is 19.2 Å². The highest BCUT2D eigenvalue weighted by Crippen LogP contribution is 2.28. The van der Waals surface area contributed by atoms with Gasteiger partial charge >= 0.3 is 0 Å². The maximum absolute atomic E-state index is 5.22. The SMILES string of the molecule is COc1[c]ccnc1-c1ccncc1C. The molecule has 0 aliphatic heterocycles. The van der Waals surface area contributed by atoms with Crippen LogP contribution in [0.2, 0.25) is 0 Å². The first kappa shape index (κ1) is 9.65. The van der Waals surface area contributed by atoms with Crippen LogP contribution < -0.4 is 4.74 Å². The van der Waals surface area contributed by atoms with Crippen LogP contribution in [0.5, 0.6) is 5.75 Å². The van der Waals surface area contributed by atoms with E-state index < -0.39 is 0 Å².